The van der Waals surface area contributed by atoms with Crippen molar-refractivity contribution in [1.82, 2.24) is 5.09 Å². The van der Waals surface area contributed by atoms with Gasteiger partial charge in [-0.3, -0.25) is 5.09 Å². The van der Waals surface area contributed by atoms with Gasteiger partial charge in [0, 0.05) is 0 Å². The van der Waals surface area contributed by atoms with Crippen LogP contribution in [0.2, 0.25) is 0 Å². The van der Waals surface area contributed by atoms with E-state index in [0.717, 1.165) is 8.73 Å². The largest absolute Gasteiger partial charge is 0.298 e. The van der Waals surface area contributed by atoms with E-state index in [9.17, 15) is 0 Å². The van der Waals surface area contributed by atoms with E-state index < -0.39 is 0 Å². The van der Waals surface area contributed by atoms with E-state index in [1.54, 1.807) is 0 Å². The van der Waals surface area contributed by atoms with Crippen molar-refractivity contribution >= 4 is 8.73 Å². The van der Waals surface area contributed by atoms with Gasteiger partial charge in [0.1, 0.15) is 0 Å². The lowest BCUT2D eigenvalue weighted by Crippen LogP contribution is -2.01. The molecule has 0 bridgehead atoms. The minimum absolute atomic E-state index is 0.920. The molecule has 1 N–H and O–H groups in total. The molecular formula is C7H18NP. The van der Waals surface area contributed by atoms with Gasteiger partial charge in [-0.15, -0.1) is 0 Å². The van der Waals surface area contributed by atoms with Crippen LogP contribution in [-0.2, 0) is 0 Å². The molecule has 0 aliphatic rings. The molecule has 0 spiro atoms. The first-order valence-electron chi connectivity index (χ1n) is 3.81. The van der Waals surface area contributed by atoms with E-state index in [1.807, 2.05) is 0 Å². The summed E-state index contributed by atoms with van der Waals surface area (Å²) in [6, 6.07) is 0. The molecule has 0 radical (unpaired) electrons. The Balaban J connectivity index is 2.60. The summed E-state index contributed by atoms with van der Waals surface area (Å²) in [5.74, 6) is 0. The minimum Gasteiger partial charge on any atom is -0.298 e. The Hall–Kier alpha value is 0.390. The van der Waals surface area contributed by atoms with Crippen molar-refractivity contribution in [2.45, 2.75) is 32.6 Å². The topological polar surface area (TPSA) is 12.0 Å². The third kappa shape index (κ3) is 8.39. The number of hydrogen-bond donors (Lipinski definition) is 1. The second kappa shape index (κ2) is 8.39. The minimum atomic E-state index is 0.920. The summed E-state index contributed by atoms with van der Waals surface area (Å²) in [4.78, 5) is 0. The van der Waals surface area contributed by atoms with E-state index in [2.05, 4.69) is 18.7 Å². The lowest BCUT2D eigenvalue weighted by Gasteiger charge is -1.98. The average molecular weight is 147 g/mol. The van der Waals surface area contributed by atoms with Gasteiger partial charge >= 0.3 is 0 Å². The van der Waals surface area contributed by atoms with Crippen molar-refractivity contribution in [3.63, 3.8) is 0 Å². The highest BCUT2D eigenvalue weighted by Crippen LogP contribution is 1.99. The van der Waals surface area contributed by atoms with Crippen LogP contribution in [0.3, 0.4) is 0 Å². The van der Waals surface area contributed by atoms with Gasteiger partial charge in [0.05, 0.1) is 0 Å². The van der Waals surface area contributed by atoms with Crippen molar-refractivity contribution in [1.29, 1.82) is 0 Å². The first-order chi connectivity index (χ1) is 4.41. The fourth-order valence-electron chi connectivity index (χ4n) is 0.765. The molecule has 0 aromatic rings. The quantitative estimate of drug-likeness (QED) is 0.449. The fraction of sp³-hybridized carbons (Fsp3) is 1.00. The molecule has 1 nitrogen and oxygen atoms in total. The maximum absolute atomic E-state index is 3.33. The molecule has 56 valence electrons. The van der Waals surface area contributed by atoms with E-state index in [4.69, 9.17) is 0 Å². The molecule has 1 unspecified atom stereocenters. The number of hydrogen-bond acceptors (Lipinski definition) is 1. The van der Waals surface area contributed by atoms with Crippen molar-refractivity contribution in [2.75, 3.05) is 13.2 Å². The van der Waals surface area contributed by atoms with Crippen LogP contribution in [0.4, 0.5) is 0 Å². The predicted molar refractivity (Wildman–Crippen MR) is 46.4 cm³/mol. The molecule has 0 heterocycles. The average Bonchev–Trinajstić information content (AvgIpc) is 1.89. The van der Waals surface area contributed by atoms with Gasteiger partial charge in [-0.2, -0.15) is 0 Å². The van der Waals surface area contributed by atoms with Gasteiger partial charge in [-0.1, -0.05) is 34.9 Å². The molecule has 0 amide bonds. The molecule has 0 rings (SSSR count). The molecule has 0 aromatic heterocycles. The monoisotopic (exact) mass is 147 g/mol. The highest BCUT2D eigenvalue weighted by Gasteiger charge is 1.84. The zero-order chi connectivity index (χ0) is 6.95. The molecule has 0 saturated heterocycles. The number of rotatable bonds is 6. The van der Waals surface area contributed by atoms with Crippen LogP contribution in [0, 0.1) is 0 Å². The normalized spacial score (nSPS) is 11.3. The van der Waals surface area contributed by atoms with Crippen molar-refractivity contribution in [2.24, 2.45) is 0 Å². The summed E-state index contributed by atoms with van der Waals surface area (Å²) in [7, 11) is 0.920. The Bertz CT molecular complexity index is 42.2. The van der Waals surface area contributed by atoms with Crippen molar-refractivity contribution in [3.05, 3.63) is 0 Å². The summed E-state index contributed by atoms with van der Waals surface area (Å²) in [6.07, 6.45) is 5.49. The fourth-order valence-corrected chi connectivity index (χ4v) is 1.19. The zero-order valence-corrected chi connectivity index (χ0v) is 7.54. The molecule has 2 heteroatoms. The summed E-state index contributed by atoms with van der Waals surface area (Å²) in [5, 5.41) is 3.33. The second-order valence-corrected chi connectivity index (χ2v) is 3.09. The predicted octanol–water partition coefficient (Wildman–Crippen LogP) is 2.38. The van der Waals surface area contributed by atoms with Gasteiger partial charge in [-0.05, 0) is 19.6 Å². The summed E-state index contributed by atoms with van der Waals surface area (Å²) in [6.45, 7) is 5.64. The Morgan fingerprint density at radius 2 is 2.00 bits per heavy atom. The first kappa shape index (κ1) is 9.39. The lowest BCUT2D eigenvalue weighted by atomic mass is 10.2. The van der Waals surface area contributed by atoms with Gasteiger partial charge in [-0.25, -0.2) is 0 Å². The molecular weight excluding hydrogens is 129 g/mol. The van der Waals surface area contributed by atoms with Gasteiger partial charge in [0.25, 0.3) is 0 Å². The lowest BCUT2D eigenvalue weighted by molar-refractivity contribution is 0.662. The van der Waals surface area contributed by atoms with E-state index in [1.165, 1.54) is 32.2 Å². The Morgan fingerprint density at radius 3 is 2.56 bits per heavy atom. The molecule has 0 aliphatic carbocycles. The maximum Gasteiger partial charge on any atom is -0.00123 e. The molecule has 0 aliphatic heterocycles. The first-order valence-corrected chi connectivity index (χ1v) is 5.31. The van der Waals surface area contributed by atoms with Crippen LogP contribution in [-0.4, -0.2) is 13.2 Å². The van der Waals surface area contributed by atoms with Gasteiger partial charge in [0.2, 0.25) is 0 Å². The Kier molecular flexibility index (Phi) is 8.75. The third-order valence-corrected chi connectivity index (χ3v) is 1.94. The van der Waals surface area contributed by atoms with Gasteiger partial charge < -0.3 is 0 Å². The van der Waals surface area contributed by atoms with E-state index in [0.29, 0.717) is 0 Å². The third-order valence-electron chi connectivity index (χ3n) is 1.33. The summed E-state index contributed by atoms with van der Waals surface area (Å²) >= 11 is 0. The Morgan fingerprint density at radius 1 is 1.22 bits per heavy atom. The molecule has 0 saturated carbocycles. The van der Waals surface area contributed by atoms with Crippen LogP contribution < -0.4 is 5.09 Å². The second-order valence-electron chi connectivity index (χ2n) is 2.24. The smallest absolute Gasteiger partial charge is 0.00123 e. The Labute approximate surface area is 60.4 Å². The van der Waals surface area contributed by atoms with Crippen LogP contribution in [0.15, 0.2) is 0 Å². The van der Waals surface area contributed by atoms with Crippen LogP contribution in [0.25, 0.3) is 0 Å². The molecule has 0 fully saturated rings. The standard InChI is InChI=1S/C7H18NP/c1-3-4-5-6-7-8-9-2/h8-9H,3-7H2,1-2H3. The summed E-state index contributed by atoms with van der Waals surface area (Å²) < 4.78 is 0. The zero-order valence-electron chi connectivity index (χ0n) is 6.54. The molecule has 9 heavy (non-hydrogen) atoms. The number of nitrogens with one attached hydrogen (secondary N) is 1. The summed E-state index contributed by atoms with van der Waals surface area (Å²) in [5.41, 5.74) is 0. The van der Waals surface area contributed by atoms with Crippen molar-refractivity contribution < 1.29 is 0 Å². The highest BCUT2D eigenvalue weighted by atomic mass is 31.1. The van der Waals surface area contributed by atoms with Crippen molar-refractivity contribution in [3.8, 4) is 0 Å². The van der Waals surface area contributed by atoms with Crippen LogP contribution >= 0.6 is 8.73 Å². The van der Waals surface area contributed by atoms with Gasteiger partial charge in [0.15, 0.2) is 0 Å². The van der Waals surface area contributed by atoms with Crippen LogP contribution in [0.5, 0.6) is 0 Å². The van der Waals surface area contributed by atoms with E-state index >= 15 is 0 Å². The van der Waals surface area contributed by atoms with E-state index in [-0.39, 0.29) is 0 Å². The SMILES string of the molecule is CCCCCCNPC. The maximum atomic E-state index is 3.33. The van der Waals surface area contributed by atoms with Crippen LogP contribution in [0.1, 0.15) is 32.6 Å². The molecule has 1 atom stereocenters. The molecule has 0 aromatic carbocycles. The highest BCUT2D eigenvalue weighted by molar-refractivity contribution is 7.34. The number of unbranched alkanes of at least 4 members (excludes halogenated alkanes) is 3.